The maximum absolute atomic E-state index is 13.2. The van der Waals surface area contributed by atoms with E-state index in [2.05, 4.69) is 15.1 Å². The van der Waals surface area contributed by atoms with Crippen molar-refractivity contribution in [3.63, 3.8) is 0 Å². The lowest BCUT2D eigenvalue weighted by atomic mass is 10.00. The zero-order chi connectivity index (χ0) is 21.8. The second kappa shape index (κ2) is 7.54. The fraction of sp³-hybridized carbons (Fsp3) is 0.217. The molecule has 1 aliphatic carbocycles. The molecule has 160 valence electrons. The first kappa shape index (κ1) is 19.7. The molecule has 0 bridgehead atoms. The standard InChI is InChI=1S/C23H20N6OS2/c1-29-19(7-9-27-29)15-11-17(13-10-18-16(26-12-13)6-3-8-25-18)28-22-20(15)21(24)23(31-22)32(30)14-4-2-5-14/h3,6-12,14H,2,4-5,24H2,1H3. The average molecular weight is 461 g/mol. The lowest BCUT2D eigenvalue weighted by Gasteiger charge is -2.27. The Labute approximate surface area is 191 Å². The van der Waals surface area contributed by atoms with Crippen LogP contribution in [0.1, 0.15) is 19.3 Å². The van der Waals surface area contributed by atoms with Gasteiger partial charge in [0.25, 0.3) is 0 Å². The van der Waals surface area contributed by atoms with E-state index in [4.69, 9.17) is 10.7 Å². The summed E-state index contributed by atoms with van der Waals surface area (Å²) in [5.41, 5.74) is 12.3. The quantitative estimate of drug-likeness (QED) is 0.395. The van der Waals surface area contributed by atoms with Gasteiger partial charge in [-0.3, -0.25) is 14.6 Å². The zero-order valence-corrected chi connectivity index (χ0v) is 19.0. The molecule has 1 aliphatic rings. The number of hydrogen-bond donors (Lipinski definition) is 1. The molecule has 0 spiro atoms. The number of nitrogen functional groups attached to an aromatic ring is 1. The van der Waals surface area contributed by atoms with Crippen LogP contribution in [0.3, 0.4) is 0 Å². The van der Waals surface area contributed by atoms with E-state index in [1.54, 1.807) is 12.4 Å². The van der Waals surface area contributed by atoms with Gasteiger partial charge in [-0.2, -0.15) is 5.10 Å². The molecular formula is C23H20N6OS2. The van der Waals surface area contributed by atoms with Crippen molar-refractivity contribution >= 4 is 49.5 Å². The maximum atomic E-state index is 13.2. The Morgan fingerprint density at radius 2 is 2.03 bits per heavy atom. The molecule has 5 heterocycles. The molecule has 1 unspecified atom stereocenters. The minimum absolute atomic E-state index is 0.195. The van der Waals surface area contributed by atoms with Gasteiger partial charge >= 0.3 is 0 Å². The summed E-state index contributed by atoms with van der Waals surface area (Å²) in [5.74, 6) is 0. The molecule has 0 aliphatic heterocycles. The molecule has 5 aromatic rings. The Balaban J connectivity index is 1.59. The van der Waals surface area contributed by atoms with Crippen LogP contribution < -0.4 is 5.73 Å². The van der Waals surface area contributed by atoms with Crippen LogP contribution >= 0.6 is 11.3 Å². The highest BCUT2D eigenvalue weighted by molar-refractivity contribution is 7.94. The Kier molecular flexibility index (Phi) is 4.63. The molecular weight excluding hydrogens is 440 g/mol. The summed E-state index contributed by atoms with van der Waals surface area (Å²) in [4.78, 5) is 14.7. The van der Waals surface area contributed by atoms with Crippen molar-refractivity contribution < 1.29 is 4.55 Å². The number of pyridine rings is 3. The summed E-state index contributed by atoms with van der Waals surface area (Å²) in [5, 5.41) is 5.38. The minimum atomic E-state index is -1.11. The van der Waals surface area contributed by atoms with Crippen LogP contribution in [-0.2, 0) is 18.2 Å². The van der Waals surface area contributed by atoms with Gasteiger partial charge < -0.3 is 10.3 Å². The molecule has 5 aromatic heterocycles. The molecule has 1 saturated carbocycles. The van der Waals surface area contributed by atoms with Gasteiger partial charge in [0.2, 0.25) is 4.21 Å². The minimum Gasteiger partial charge on any atom is -0.611 e. The Morgan fingerprint density at radius 3 is 2.78 bits per heavy atom. The van der Waals surface area contributed by atoms with Crippen LogP contribution in [0.15, 0.2) is 53.1 Å². The van der Waals surface area contributed by atoms with Crippen molar-refractivity contribution in [1.82, 2.24) is 24.7 Å². The second-order valence-electron chi connectivity index (χ2n) is 7.99. The summed E-state index contributed by atoms with van der Waals surface area (Å²) in [6, 6.07) is 9.78. The first-order valence-corrected chi connectivity index (χ1v) is 12.5. The third kappa shape index (κ3) is 3.08. The highest BCUT2D eigenvalue weighted by atomic mass is 32.2. The van der Waals surface area contributed by atoms with Gasteiger partial charge in [-0.25, -0.2) is 4.98 Å². The summed E-state index contributed by atoms with van der Waals surface area (Å²) >= 11 is 0.330. The van der Waals surface area contributed by atoms with Crippen LogP contribution in [-0.4, -0.2) is 34.5 Å². The molecule has 32 heavy (non-hydrogen) atoms. The number of fused-ring (bicyclic) bond motifs is 2. The van der Waals surface area contributed by atoms with Gasteiger partial charge in [0, 0.05) is 53.3 Å². The molecule has 1 atom stereocenters. The molecule has 7 nitrogen and oxygen atoms in total. The first-order valence-electron chi connectivity index (χ1n) is 10.4. The highest BCUT2D eigenvalue weighted by Crippen LogP contribution is 2.45. The molecule has 0 saturated heterocycles. The van der Waals surface area contributed by atoms with Crippen LogP contribution in [0, 0.1) is 0 Å². The van der Waals surface area contributed by atoms with Crippen LogP contribution in [0.2, 0.25) is 0 Å². The van der Waals surface area contributed by atoms with Gasteiger partial charge in [-0.15, -0.1) is 0 Å². The van der Waals surface area contributed by atoms with E-state index >= 15 is 0 Å². The lowest BCUT2D eigenvalue weighted by Crippen LogP contribution is -2.28. The average Bonchev–Trinajstić information content (AvgIpc) is 3.34. The second-order valence-corrected chi connectivity index (χ2v) is 10.9. The van der Waals surface area contributed by atoms with Gasteiger partial charge in [0.15, 0.2) is 0 Å². The van der Waals surface area contributed by atoms with Gasteiger partial charge in [0.05, 0.1) is 22.4 Å². The Hall–Kier alpha value is -3.01. The number of rotatable bonds is 4. The van der Waals surface area contributed by atoms with Gasteiger partial charge in [-0.1, -0.05) is 11.3 Å². The number of nitrogens with zero attached hydrogens (tertiary/aromatic N) is 5. The van der Waals surface area contributed by atoms with Crippen molar-refractivity contribution in [2.45, 2.75) is 28.7 Å². The van der Waals surface area contributed by atoms with Crippen molar-refractivity contribution in [3.05, 3.63) is 48.9 Å². The number of nitrogens with two attached hydrogens (primary N) is 1. The number of aromatic nitrogens is 5. The number of anilines is 1. The first-order chi connectivity index (χ1) is 15.6. The lowest BCUT2D eigenvalue weighted by molar-refractivity contribution is 0.478. The molecule has 0 radical (unpaired) electrons. The molecule has 0 amide bonds. The van der Waals surface area contributed by atoms with E-state index in [1.807, 2.05) is 48.3 Å². The topological polar surface area (TPSA) is 106 Å². The van der Waals surface area contributed by atoms with Crippen LogP contribution in [0.25, 0.3) is 43.8 Å². The number of thiophene rings is 1. The van der Waals surface area contributed by atoms with E-state index in [-0.39, 0.29) is 5.25 Å². The normalized spacial score (nSPS) is 15.3. The van der Waals surface area contributed by atoms with E-state index in [0.29, 0.717) is 5.69 Å². The van der Waals surface area contributed by atoms with Crippen molar-refractivity contribution in [2.75, 3.05) is 5.73 Å². The third-order valence-electron chi connectivity index (χ3n) is 6.05. The number of aryl methyl sites for hydroxylation is 1. The Bertz CT molecular complexity index is 1470. The number of hydrogen-bond acceptors (Lipinski definition) is 7. The monoisotopic (exact) mass is 460 g/mol. The predicted molar refractivity (Wildman–Crippen MR) is 129 cm³/mol. The third-order valence-corrected chi connectivity index (χ3v) is 9.35. The van der Waals surface area contributed by atoms with Crippen LogP contribution in [0.4, 0.5) is 5.69 Å². The van der Waals surface area contributed by atoms with Gasteiger partial charge in [-0.05, 0) is 49.6 Å². The summed E-state index contributed by atoms with van der Waals surface area (Å²) in [7, 11) is 1.90. The molecule has 9 heteroatoms. The molecule has 1 fully saturated rings. The smallest absolute Gasteiger partial charge is 0.232 e. The van der Waals surface area contributed by atoms with E-state index < -0.39 is 11.2 Å². The van der Waals surface area contributed by atoms with Crippen LogP contribution in [0.5, 0.6) is 0 Å². The molecule has 6 rings (SSSR count). The fourth-order valence-corrected chi connectivity index (χ4v) is 7.28. The largest absolute Gasteiger partial charge is 0.611 e. The summed E-state index contributed by atoms with van der Waals surface area (Å²) in [6.45, 7) is 0. The van der Waals surface area contributed by atoms with E-state index in [1.165, 1.54) is 11.3 Å². The van der Waals surface area contributed by atoms with Crippen molar-refractivity contribution in [1.29, 1.82) is 0 Å². The summed E-state index contributed by atoms with van der Waals surface area (Å²) < 4.78 is 15.7. The fourth-order valence-electron chi connectivity index (χ4n) is 4.07. The zero-order valence-electron chi connectivity index (χ0n) is 17.4. The SMILES string of the molecule is Cn1nccc1-c1cc(-c2cnc3cccnc3c2)nc2sc([S+]([O-])C3CCC3)c(N)c12. The molecule has 0 aromatic carbocycles. The van der Waals surface area contributed by atoms with E-state index in [9.17, 15) is 4.55 Å². The summed E-state index contributed by atoms with van der Waals surface area (Å²) in [6.07, 6.45) is 8.45. The van der Waals surface area contributed by atoms with E-state index in [0.717, 1.165) is 67.2 Å². The van der Waals surface area contributed by atoms with Gasteiger partial charge in [0.1, 0.15) is 15.8 Å². The van der Waals surface area contributed by atoms with Crippen molar-refractivity contribution in [3.8, 4) is 22.5 Å². The molecule has 2 N–H and O–H groups in total. The Morgan fingerprint density at radius 1 is 1.16 bits per heavy atom. The highest BCUT2D eigenvalue weighted by Gasteiger charge is 2.35. The van der Waals surface area contributed by atoms with Crippen molar-refractivity contribution in [2.24, 2.45) is 7.05 Å². The maximum Gasteiger partial charge on any atom is 0.232 e. The predicted octanol–water partition coefficient (Wildman–Crippen LogP) is 4.55.